The van der Waals surface area contributed by atoms with E-state index in [9.17, 15) is 9.59 Å². The number of aromatic nitrogens is 1. The van der Waals surface area contributed by atoms with Gasteiger partial charge in [-0.15, -0.1) is 0 Å². The second-order valence-electron chi connectivity index (χ2n) is 7.68. The van der Waals surface area contributed by atoms with E-state index in [0.717, 1.165) is 45.3 Å². The first-order valence-corrected chi connectivity index (χ1v) is 10.5. The van der Waals surface area contributed by atoms with Gasteiger partial charge in [-0.05, 0) is 62.1 Å². The average Bonchev–Trinajstić information content (AvgIpc) is 3.07. The number of hydrogen-bond acceptors (Lipinski definition) is 3. The number of nitrogens with zero attached hydrogens (tertiary/aromatic N) is 1. The zero-order valence-electron chi connectivity index (χ0n) is 18.4. The molecule has 5 nitrogen and oxygen atoms in total. The normalized spacial score (nSPS) is 12.0. The van der Waals surface area contributed by atoms with Crippen molar-refractivity contribution >= 4 is 22.7 Å². The molecule has 0 spiro atoms. The Bertz CT molecular complexity index is 1060. The first-order valence-electron chi connectivity index (χ1n) is 10.5. The van der Waals surface area contributed by atoms with E-state index in [0.29, 0.717) is 13.2 Å². The van der Waals surface area contributed by atoms with Crippen LogP contribution in [0.5, 0.6) is 5.75 Å². The summed E-state index contributed by atoms with van der Waals surface area (Å²) in [4.78, 5) is 25.0. The molecule has 1 atom stereocenters. The van der Waals surface area contributed by atoms with Crippen LogP contribution in [0, 0.1) is 13.8 Å². The van der Waals surface area contributed by atoms with Crippen molar-refractivity contribution in [2.45, 2.75) is 47.0 Å². The van der Waals surface area contributed by atoms with E-state index in [-0.39, 0.29) is 17.7 Å². The Hall–Kier alpha value is -3.08. The standard InChI is InChI=1S/C25H30N2O3/c1-6-19(14-26-18(5)28)22-15-27(23-12-11-20(30-7-2)13-21(22)23)25(29)24-16(3)9-8-10-17(24)4/h8-13,15,19H,6-7,14H2,1-5H3,(H,26,28). The Balaban J connectivity index is 2.17. The third-order valence-electron chi connectivity index (χ3n) is 5.56. The second-order valence-corrected chi connectivity index (χ2v) is 7.68. The van der Waals surface area contributed by atoms with Crippen LogP contribution in [-0.4, -0.2) is 29.5 Å². The number of amides is 1. The van der Waals surface area contributed by atoms with Gasteiger partial charge in [0.1, 0.15) is 5.75 Å². The van der Waals surface area contributed by atoms with Crippen LogP contribution in [0.15, 0.2) is 42.6 Å². The Kier molecular flexibility index (Phi) is 6.60. The van der Waals surface area contributed by atoms with Crippen molar-refractivity contribution in [1.82, 2.24) is 9.88 Å². The van der Waals surface area contributed by atoms with E-state index in [1.807, 2.05) is 63.4 Å². The number of rotatable bonds is 7. The van der Waals surface area contributed by atoms with Crippen molar-refractivity contribution in [2.75, 3.05) is 13.2 Å². The number of fused-ring (bicyclic) bond motifs is 1. The average molecular weight is 407 g/mol. The lowest BCUT2D eigenvalue weighted by molar-refractivity contribution is -0.119. The topological polar surface area (TPSA) is 60.3 Å². The number of carbonyl (C=O) groups excluding carboxylic acids is 2. The molecule has 0 aliphatic rings. The third-order valence-corrected chi connectivity index (χ3v) is 5.56. The van der Waals surface area contributed by atoms with Gasteiger partial charge in [0, 0.05) is 36.5 Å². The van der Waals surface area contributed by atoms with E-state index in [1.54, 1.807) is 4.57 Å². The van der Waals surface area contributed by atoms with Gasteiger partial charge in [-0.25, -0.2) is 0 Å². The molecule has 3 aromatic rings. The second kappa shape index (κ2) is 9.16. The van der Waals surface area contributed by atoms with Crippen molar-refractivity contribution in [3.8, 4) is 5.75 Å². The zero-order chi connectivity index (χ0) is 21.8. The van der Waals surface area contributed by atoms with E-state index < -0.39 is 0 Å². The minimum Gasteiger partial charge on any atom is -0.494 e. The number of nitrogens with one attached hydrogen (secondary N) is 1. The smallest absolute Gasteiger partial charge is 0.262 e. The molecule has 158 valence electrons. The van der Waals surface area contributed by atoms with Gasteiger partial charge in [-0.2, -0.15) is 0 Å². The van der Waals surface area contributed by atoms with Crippen LogP contribution in [0.25, 0.3) is 10.9 Å². The first-order chi connectivity index (χ1) is 14.4. The maximum Gasteiger partial charge on any atom is 0.262 e. The SMILES string of the molecule is CCOc1ccc2c(c1)c(C(CC)CNC(C)=O)cn2C(=O)c1c(C)cccc1C. The lowest BCUT2D eigenvalue weighted by Gasteiger charge is -2.15. The molecule has 0 fully saturated rings. The fourth-order valence-corrected chi connectivity index (χ4v) is 4.00. The zero-order valence-corrected chi connectivity index (χ0v) is 18.4. The summed E-state index contributed by atoms with van der Waals surface area (Å²) in [5, 5.41) is 3.91. The summed E-state index contributed by atoms with van der Waals surface area (Å²) in [5.41, 5.74) is 4.54. The Labute approximate surface area is 178 Å². The summed E-state index contributed by atoms with van der Waals surface area (Å²) >= 11 is 0. The van der Waals surface area contributed by atoms with Crippen LogP contribution >= 0.6 is 0 Å². The number of aryl methyl sites for hydroxylation is 2. The first kappa shape index (κ1) is 21.6. The highest BCUT2D eigenvalue weighted by molar-refractivity contribution is 6.05. The molecule has 0 aliphatic heterocycles. The highest BCUT2D eigenvalue weighted by Gasteiger charge is 2.22. The molecule has 1 unspecified atom stereocenters. The molecule has 1 N–H and O–H groups in total. The molecule has 1 amide bonds. The van der Waals surface area contributed by atoms with E-state index in [1.165, 1.54) is 6.92 Å². The number of carbonyl (C=O) groups is 2. The van der Waals surface area contributed by atoms with Crippen molar-refractivity contribution in [3.05, 3.63) is 64.8 Å². The largest absolute Gasteiger partial charge is 0.494 e. The van der Waals surface area contributed by atoms with Gasteiger partial charge in [0.2, 0.25) is 5.91 Å². The van der Waals surface area contributed by atoms with Crippen molar-refractivity contribution in [3.63, 3.8) is 0 Å². The van der Waals surface area contributed by atoms with Crippen molar-refractivity contribution < 1.29 is 14.3 Å². The Morgan fingerprint density at radius 3 is 2.40 bits per heavy atom. The maximum absolute atomic E-state index is 13.6. The summed E-state index contributed by atoms with van der Waals surface area (Å²) in [7, 11) is 0. The molecule has 1 aromatic heterocycles. The van der Waals surface area contributed by atoms with Gasteiger partial charge in [-0.3, -0.25) is 14.2 Å². The molecule has 30 heavy (non-hydrogen) atoms. The quantitative estimate of drug-likeness (QED) is 0.602. The highest BCUT2D eigenvalue weighted by Crippen LogP contribution is 2.33. The maximum atomic E-state index is 13.6. The minimum atomic E-state index is -0.0567. The molecule has 3 rings (SSSR count). The summed E-state index contributed by atoms with van der Waals surface area (Å²) in [6, 6.07) is 11.7. The van der Waals surface area contributed by atoms with Crippen molar-refractivity contribution in [2.24, 2.45) is 0 Å². The van der Waals surface area contributed by atoms with E-state index in [4.69, 9.17) is 4.74 Å². The van der Waals surface area contributed by atoms with Crippen LogP contribution in [0.1, 0.15) is 60.2 Å². The number of benzene rings is 2. The fourth-order valence-electron chi connectivity index (χ4n) is 4.00. The van der Waals surface area contributed by atoms with Gasteiger partial charge >= 0.3 is 0 Å². The predicted molar refractivity (Wildman–Crippen MR) is 120 cm³/mol. The molecular weight excluding hydrogens is 376 g/mol. The van der Waals surface area contributed by atoms with Crippen LogP contribution in [0.3, 0.4) is 0 Å². The van der Waals surface area contributed by atoms with Crippen LogP contribution in [0.2, 0.25) is 0 Å². The molecule has 0 radical (unpaired) electrons. The Morgan fingerprint density at radius 1 is 1.10 bits per heavy atom. The molecule has 0 bridgehead atoms. The van der Waals surface area contributed by atoms with Gasteiger partial charge in [0.25, 0.3) is 5.91 Å². The molecule has 5 heteroatoms. The lowest BCUT2D eigenvalue weighted by atomic mass is 9.96. The Morgan fingerprint density at radius 2 is 1.80 bits per heavy atom. The minimum absolute atomic E-state index is 0.0413. The molecular formula is C25H30N2O3. The molecule has 0 aliphatic carbocycles. The summed E-state index contributed by atoms with van der Waals surface area (Å²) in [6.07, 6.45) is 2.78. The molecule has 1 heterocycles. The van der Waals surface area contributed by atoms with Crippen LogP contribution in [0.4, 0.5) is 0 Å². The van der Waals surface area contributed by atoms with Crippen molar-refractivity contribution in [1.29, 1.82) is 0 Å². The van der Waals surface area contributed by atoms with Crippen LogP contribution < -0.4 is 10.1 Å². The summed E-state index contributed by atoms with van der Waals surface area (Å²) in [6.45, 7) is 10.6. The number of ether oxygens (including phenoxy) is 1. The van der Waals surface area contributed by atoms with E-state index >= 15 is 0 Å². The van der Waals surface area contributed by atoms with Gasteiger partial charge in [0.05, 0.1) is 12.1 Å². The lowest BCUT2D eigenvalue weighted by Crippen LogP contribution is -2.25. The molecule has 0 saturated carbocycles. The summed E-state index contributed by atoms with van der Waals surface area (Å²) in [5.74, 6) is 0.775. The molecule has 2 aromatic carbocycles. The van der Waals surface area contributed by atoms with Gasteiger partial charge in [0.15, 0.2) is 0 Å². The van der Waals surface area contributed by atoms with E-state index in [2.05, 4.69) is 12.2 Å². The third kappa shape index (κ3) is 4.25. The van der Waals surface area contributed by atoms with Crippen LogP contribution in [-0.2, 0) is 4.79 Å². The van der Waals surface area contributed by atoms with Gasteiger partial charge in [-0.1, -0.05) is 25.1 Å². The highest BCUT2D eigenvalue weighted by atomic mass is 16.5. The fraction of sp³-hybridized carbons (Fsp3) is 0.360. The molecule has 0 saturated heterocycles. The summed E-state index contributed by atoms with van der Waals surface area (Å²) < 4.78 is 7.45. The van der Waals surface area contributed by atoms with Gasteiger partial charge < -0.3 is 10.1 Å². The monoisotopic (exact) mass is 406 g/mol. The number of hydrogen-bond donors (Lipinski definition) is 1. The predicted octanol–water partition coefficient (Wildman–Crippen LogP) is 4.98.